The van der Waals surface area contributed by atoms with Gasteiger partial charge in [0.2, 0.25) is 0 Å². The Balaban J connectivity index is -0.0000000840. The number of aliphatic hydroxyl groups is 1. The smallest absolute Gasteiger partial charge is 0.563 e. The van der Waals surface area contributed by atoms with E-state index in [0.717, 1.165) is 6.42 Å². The minimum absolute atomic E-state index is 0. The summed E-state index contributed by atoms with van der Waals surface area (Å²) in [5.74, 6) is 0. The first-order valence-corrected chi connectivity index (χ1v) is 15.6. The van der Waals surface area contributed by atoms with E-state index in [0.29, 0.717) is 6.61 Å². The molecular formula is C18H38K4O11P4+4. The summed E-state index contributed by atoms with van der Waals surface area (Å²) in [5, 5.41) is 8.67. The standard InChI is InChI=1S/C18H38O.4K.2O5P2/c1-2-3-4-5-6-7-8-9-10-11-12-13-14-15-16-17-18-19;;;;;2*1-6(2)5-7(3)4/h19H,2-18H2,1H3;;;;;;/q;4*+1;;. The number of rotatable bonds is 20. The molecule has 0 aliphatic heterocycles. The monoisotopic (exact) mass is 710 g/mol. The molecule has 0 aliphatic rings. The summed E-state index contributed by atoms with van der Waals surface area (Å²) in [6.07, 6.45) is 22.2. The summed E-state index contributed by atoms with van der Waals surface area (Å²) < 4.78 is 43.3. The van der Waals surface area contributed by atoms with Crippen molar-refractivity contribution in [3.8, 4) is 0 Å². The van der Waals surface area contributed by atoms with Crippen molar-refractivity contribution in [1.82, 2.24) is 0 Å². The predicted molar refractivity (Wildman–Crippen MR) is 119 cm³/mol. The molecule has 0 aliphatic carbocycles. The van der Waals surface area contributed by atoms with Crippen LogP contribution in [0.25, 0.3) is 0 Å². The Labute approximate surface area is 396 Å². The molecule has 0 heterocycles. The quantitative estimate of drug-likeness (QED) is 0.0716. The molecule has 4 atom stereocenters. The normalized spacial score (nSPS) is 10.8. The van der Waals surface area contributed by atoms with Crippen LogP contribution in [-0.2, 0) is 26.9 Å². The SMILES string of the molecule is CCCCCCCCCCCCCCCCCCO.O=[P+]([O-])O[P+](=O)[O-].O=[P+]([O-])O[P+](=O)[O-].[K+].[K+].[K+].[K+]. The van der Waals surface area contributed by atoms with Crippen LogP contribution in [0.15, 0.2) is 0 Å². The van der Waals surface area contributed by atoms with Crippen molar-refractivity contribution in [2.24, 2.45) is 0 Å². The average Bonchev–Trinajstić information content (AvgIpc) is 2.70. The van der Waals surface area contributed by atoms with E-state index < -0.39 is 33.0 Å². The molecule has 19 heteroatoms. The van der Waals surface area contributed by atoms with Gasteiger partial charge < -0.3 is 24.7 Å². The van der Waals surface area contributed by atoms with Crippen molar-refractivity contribution in [2.45, 2.75) is 110 Å². The van der Waals surface area contributed by atoms with E-state index in [4.69, 9.17) is 5.11 Å². The van der Waals surface area contributed by atoms with Crippen LogP contribution >= 0.6 is 33.0 Å². The topological polar surface area (TPSA) is 199 Å². The summed E-state index contributed by atoms with van der Waals surface area (Å²) in [6.45, 7) is 2.66. The molecule has 0 bridgehead atoms. The Morgan fingerprint density at radius 1 is 0.459 bits per heavy atom. The Morgan fingerprint density at radius 3 is 0.784 bits per heavy atom. The van der Waals surface area contributed by atoms with Gasteiger partial charge in [0.1, 0.15) is 8.62 Å². The predicted octanol–water partition coefficient (Wildman–Crippen LogP) is -7.67. The minimum atomic E-state index is -3.24. The van der Waals surface area contributed by atoms with Crippen LogP contribution in [0.4, 0.5) is 0 Å². The first-order chi connectivity index (χ1) is 15.7. The maximum atomic E-state index is 9.24. The van der Waals surface area contributed by atoms with E-state index in [1.165, 1.54) is 96.3 Å². The van der Waals surface area contributed by atoms with E-state index in [2.05, 4.69) is 15.5 Å². The van der Waals surface area contributed by atoms with E-state index in [-0.39, 0.29) is 206 Å². The Morgan fingerprint density at radius 2 is 0.649 bits per heavy atom. The molecule has 1 N–H and O–H groups in total. The van der Waals surface area contributed by atoms with Crippen molar-refractivity contribution in [1.29, 1.82) is 0 Å². The zero-order valence-electron chi connectivity index (χ0n) is 23.3. The Kier molecular flexibility index (Phi) is 83.4. The van der Waals surface area contributed by atoms with Gasteiger partial charge in [-0.05, 0) is 24.7 Å². The van der Waals surface area contributed by atoms with Crippen molar-refractivity contribution >= 4 is 33.0 Å². The number of hydrogen-bond donors (Lipinski definition) is 1. The van der Waals surface area contributed by atoms with Crippen LogP contribution in [-0.4, -0.2) is 11.7 Å². The minimum Gasteiger partial charge on any atom is -0.563 e. The molecule has 0 fully saturated rings. The van der Waals surface area contributed by atoms with Gasteiger partial charge in [0.15, 0.2) is 0 Å². The van der Waals surface area contributed by atoms with Crippen LogP contribution in [0.1, 0.15) is 110 Å². The third kappa shape index (κ3) is 75.0. The number of aliphatic hydroxyl groups excluding tert-OH is 1. The third-order valence-electron chi connectivity index (χ3n) is 4.28. The number of unbranched alkanes of at least 4 members (excludes halogenated alkanes) is 15. The zero-order chi connectivity index (χ0) is 25.7. The molecule has 0 aromatic rings. The number of hydrogen-bond acceptors (Lipinski definition) is 11. The largest absolute Gasteiger partial charge is 1.00 e. The molecule has 0 rings (SSSR count). The summed E-state index contributed by atoms with van der Waals surface area (Å²) in [7, 11) is -12.9. The van der Waals surface area contributed by atoms with Crippen LogP contribution < -0.4 is 225 Å². The fourth-order valence-electron chi connectivity index (χ4n) is 2.77. The van der Waals surface area contributed by atoms with Gasteiger partial charge in [-0.15, -0.1) is 0 Å². The first-order valence-electron chi connectivity index (χ1n) is 11.2. The molecular weight excluding hydrogens is 672 g/mol. The molecule has 0 radical (unpaired) electrons. The fourth-order valence-corrected chi connectivity index (χ4v) is 3.64. The van der Waals surface area contributed by atoms with Gasteiger partial charge in [0.25, 0.3) is 0 Å². The third-order valence-corrected chi connectivity index (χ3v) is 6.41. The van der Waals surface area contributed by atoms with Gasteiger partial charge >= 0.3 is 239 Å². The van der Waals surface area contributed by atoms with Gasteiger partial charge in [-0.25, -0.2) is 0 Å². The van der Waals surface area contributed by atoms with E-state index in [1.54, 1.807) is 0 Å². The van der Waals surface area contributed by atoms with Crippen LogP contribution in [0, 0.1) is 0 Å². The van der Waals surface area contributed by atoms with Gasteiger partial charge in [-0.1, -0.05) is 103 Å². The molecule has 0 aromatic heterocycles. The van der Waals surface area contributed by atoms with E-state index in [1.807, 2.05) is 0 Å². The van der Waals surface area contributed by atoms with Crippen LogP contribution in [0.3, 0.4) is 0 Å². The summed E-state index contributed by atoms with van der Waals surface area (Å²) >= 11 is 0. The zero-order valence-corrected chi connectivity index (χ0v) is 39.4. The van der Waals surface area contributed by atoms with E-state index >= 15 is 0 Å². The molecule has 0 aromatic carbocycles. The molecule has 196 valence electrons. The van der Waals surface area contributed by atoms with Gasteiger partial charge in [-0.3, -0.25) is 0 Å². The Hall–Kier alpha value is 6.67. The molecule has 0 amide bonds. The second-order valence-electron chi connectivity index (χ2n) is 7.08. The molecule has 4 unspecified atom stereocenters. The maximum Gasteiger partial charge on any atom is 1.00 e. The van der Waals surface area contributed by atoms with Gasteiger partial charge in [-0.2, -0.15) is 0 Å². The fraction of sp³-hybridized carbons (Fsp3) is 1.00. The first kappa shape index (κ1) is 59.1. The second kappa shape index (κ2) is 52.2. The van der Waals surface area contributed by atoms with E-state index in [9.17, 15) is 37.8 Å². The summed E-state index contributed by atoms with van der Waals surface area (Å²) in [5.41, 5.74) is 0. The molecule has 0 saturated carbocycles. The Bertz CT molecular complexity index is 448. The van der Waals surface area contributed by atoms with Crippen molar-refractivity contribution in [2.75, 3.05) is 6.61 Å². The molecule has 37 heavy (non-hydrogen) atoms. The molecule has 0 spiro atoms. The average molecular weight is 711 g/mol. The van der Waals surface area contributed by atoms with Crippen LogP contribution in [0.5, 0.6) is 0 Å². The maximum absolute atomic E-state index is 9.24. The van der Waals surface area contributed by atoms with Crippen molar-refractivity contribution in [3.05, 3.63) is 0 Å². The van der Waals surface area contributed by atoms with Gasteiger partial charge in [0.05, 0.1) is 0 Å². The van der Waals surface area contributed by atoms with Crippen molar-refractivity contribution < 1.29 is 257 Å². The summed E-state index contributed by atoms with van der Waals surface area (Å²) in [6, 6.07) is 0. The molecule has 0 saturated heterocycles. The summed E-state index contributed by atoms with van der Waals surface area (Å²) in [4.78, 5) is 37.0. The van der Waals surface area contributed by atoms with Gasteiger partial charge in [0, 0.05) is 6.61 Å². The van der Waals surface area contributed by atoms with Crippen LogP contribution in [0.2, 0.25) is 0 Å². The molecule has 11 nitrogen and oxygen atoms in total. The second-order valence-corrected chi connectivity index (χ2v) is 10.2. The van der Waals surface area contributed by atoms with Crippen molar-refractivity contribution in [3.63, 3.8) is 0 Å².